The average molecular weight is 243 g/mol. The summed E-state index contributed by atoms with van der Waals surface area (Å²) in [7, 11) is 0. The monoisotopic (exact) mass is 243 g/mol. The summed E-state index contributed by atoms with van der Waals surface area (Å²) in [5, 5.41) is 11.8. The highest BCUT2D eigenvalue weighted by Crippen LogP contribution is 2.28. The number of hydrogen-bond donors (Lipinski definition) is 0. The van der Waals surface area contributed by atoms with Gasteiger partial charge in [0.1, 0.15) is 0 Å². The van der Waals surface area contributed by atoms with Crippen LogP contribution in [-0.2, 0) is 4.74 Å². The second kappa shape index (κ2) is 3.36. The molecule has 0 saturated carbocycles. The molecule has 0 spiro atoms. The topological polar surface area (TPSA) is 86.5 Å². The van der Waals surface area contributed by atoms with Crippen LogP contribution in [-0.4, -0.2) is 16.9 Å². The van der Waals surface area contributed by atoms with E-state index in [4.69, 9.17) is 0 Å². The van der Waals surface area contributed by atoms with Gasteiger partial charge in [0.15, 0.2) is 0 Å². The molecule has 2 aromatic carbocycles. The third-order valence-corrected chi connectivity index (χ3v) is 2.80. The van der Waals surface area contributed by atoms with E-state index in [0.717, 1.165) is 0 Å². The summed E-state index contributed by atoms with van der Waals surface area (Å²) in [5.41, 5.74) is 0.273. The van der Waals surface area contributed by atoms with Crippen LogP contribution in [0.15, 0.2) is 30.3 Å². The average Bonchev–Trinajstić information content (AvgIpc) is 2.61. The number of hydrogen-bond acceptors (Lipinski definition) is 5. The maximum absolute atomic E-state index is 11.4. The van der Waals surface area contributed by atoms with E-state index in [1.165, 1.54) is 30.3 Å². The Hall–Kier alpha value is -2.76. The maximum Gasteiger partial charge on any atom is 0.346 e. The van der Waals surface area contributed by atoms with Crippen molar-refractivity contribution in [3.05, 3.63) is 51.6 Å². The van der Waals surface area contributed by atoms with Crippen LogP contribution in [0.25, 0.3) is 10.8 Å². The number of nitro benzene ring substituents is 1. The van der Waals surface area contributed by atoms with Crippen molar-refractivity contribution in [2.75, 3.05) is 0 Å². The lowest BCUT2D eigenvalue weighted by atomic mass is 10.0. The minimum absolute atomic E-state index is 0.0693. The highest BCUT2D eigenvalue weighted by atomic mass is 16.6. The first-order chi connectivity index (χ1) is 8.56. The smallest absolute Gasteiger partial charge is 0.346 e. The molecule has 6 nitrogen and oxygen atoms in total. The predicted octanol–water partition coefficient (Wildman–Crippen LogP) is 2.06. The molecule has 0 atom stereocenters. The summed E-state index contributed by atoms with van der Waals surface area (Å²) < 4.78 is 4.47. The Morgan fingerprint density at radius 3 is 2.17 bits per heavy atom. The lowest BCUT2D eigenvalue weighted by molar-refractivity contribution is -0.384. The maximum atomic E-state index is 11.4. The van der Waals surface area contributed by atoms with Gasteiger partial charge in [0.05, 0.1) is 16.1 Å². The third kappa shape index (κ3) is 1.36. The molecule has 0 amide bonds. The van der Waals surface area contributed by atoms with Crippen LogP contribution in [0, 0.1) is 10.1 Å². The van der Waals surface area contributed by atoms with Crippen LogP contribution in [0.1, 0.15) is 20.7 Å². The number of esters is 2. The summed E-state index contributed by atoms with van der Waals surface area (Å²) in [6, 6.07) is 7.17. The molecule has 6 heteroatoms. The van der Waals surface area contributed by atoms with Crippen molar-refractivity contribution in [1.82, 2.24) is 0 Å². The van der Waals surface area contributed by atoms with E-state index in [0.29, 0.717) is 10.8 Å². The zero-order valence-electron chi connectivity index (χ0n) is 8.88. The number of fused-ring (bicyclic) bond motifs is 2. The van der Waals surface area contributed by atoms with Gasteiger partial charge in [-0.25, -0.2) is 9.59 Å². The molecule has 3 rings (SSSR count). The minimum atomic E-state index is -0.719. The number of carbonyl (C=O) groups excluding carboxylic acids is 2. The second-order valence-electron chi connectivity index (χ2n) is 3.86. The minimum Gasteiger partial charge on any atom is -0.386 e. The molecule has 0 fully saturated rings. The van der Waals surface area contributed by atoms with Crippen LogP contribution < -0.4 is 0 Å². The first-order valence-corrected chi connectivity index (χ1v) is 5.05. The highest BCUT2D eigenvalue weighted by Gasteiger charge is 2.30. The Balaban J connectivity index is 2.30. The first kappa shape index (κ1) is 10.4. The summed E-state index contributed by atoms with van der Waals surface area (Å²) >= 11 is 0. The van der Waals surface area contributed by atoms with Crippen molar-refractivity contribution in [2.45, 2.75) is 0 Å². The largest absolute Gasteiger partial charge is 0.386 e. The molecule has 88 valence electrons. The molecule has 2 aromatic rings. The molecular formula is C12H5NO5. The fourth-order valence-electron chi connectivity index (χ4n) is 1.93. The lowest BCUT2D eigenvalue weighted by Crippen LogP contribution is -1.96. The number of carbonyl (C=O) groups is 2. The van der Waals surface area contributed by atoms with E-state index in [2.05, 4.69) is 4.74 Å². The van der Waals surface area contributed by atoms with Gasteiger partial charge in [-0.2, -0.15) is 0 Å². The zero-order valence-corrected chi connectivity index (χ0v) is 8.88. The standard InChI is InChI=1S/C12H5NO5/c14-11-9-4-6-1-2-8(13(16)17)3-7(6)5-10(9)12(15)18-11/h1-5H. The number of ether oxygens (including phenoxy) is 1. The summed E-state index contributed by atoms with van der Waals surface area (Å²) in [5.74, 6) is -1.40. The number of rotatable bonds is 1. The van der Waals surface area contributed by atoms with E-state index >= 15 is 0 Å². The van der Waals surface area contributed by atoms with Gasteiger partial charge < -0.3 is 4.74 Å². The quantitative estimate of drug-likeness (QED) is 0.331. The van der Waals surface area contributed by atoms with E-state index in [9.17, 15) is 19.7 Å². The van der Waals surface area contributed by atoms with Crippen LogP contribution in [0.3, 0.4) is 0 Å². The Bertz CT molecular complexity index is 735. The van der Waals surface area contributed by atoms with Crippen molar-refractivity contribution in [3.63, 3.8) is 0 Å². The number of benzene rings is 2. The number of nitrogens with zero attached hydrogens (tertiary/aromatic N) is 1. The Morgan fingerprint density at radius 1 is 0.944 bits per heavy atom. The van der Waals surface area contributed by atoms with E-state index in [1.54, 1.807) is 0 Å². The first-order valence-electron chi connectivity index (χ1n) is 5.05. The molecule has 1 heterocycles. The Labute approximate surface area is 99.9 Å². The summed E-state index contributed by atoms with van der Waals surface area (Å²) in [6.07, 6.45) is 0. The van der Waals surface area contributed by atoms with Gasteiger partial charge in [0.25, 0.3) is 5.69 Å². The lowest BCUT2D eigenvalue weighted by Gasteiger charge is -1.99. The van der Waals surface area contributed by atoms with Gasteiger partial charge in [-0.05, 0) is 29.0 Å². The molecule has 18 heavy (non-hydrogen) atoms. The van der Waals surface area contributed by atoms with Crippen molar-refractivity contribution in [1.29, 1.82) is 0 Å². The number of cyclic esters (lactones) is 2. The van der Waals surface area contributed by atoms with Crippen molar-refractivity contribution in [3.8, 4) is 0 Å². The number of nitro groups is 1. The third-order valence-electron chi connectivity index (χ3n) is 2.80. The van der Waals surface area contributed by atoms with Gasteiger partial charge in [-0.3, -0.25) is 10.1 Å². The number of non-ortho nitro benzene ring substituents is 1. The van der Waals surface area contributed by atoms with Gasteiger partial charge >= 0.3 is 11.9 Å². The molecule has 0 saturated heterocycles. The van der Waals surface area contributed by atoms with E-state index in [-0.39, 0.29) is 16.8 Å². The van der Waals surface area contributed by atoms with Crippen molar-refractivity contribution in [2.24, 2.45) is 0 Å². The second-order valence-corrected chi connectivity index (χ2v) is 3.86. The molecule has 1 aliphatic rings. The van der Waals surface area contributed by atoms with Gasteiger partial charge in [0, 0.05) is 12.1 Å². The zero-order chi connectivity index (χ0) is 12.9. The van der Waals surface area contributed by atoms with Gasteiger partial charge in [-0.15, -0.1) is 0 Å². The fraction of sp³-hybridized carbons (Fsp3) is 0. The molecule has 0 aromatic heterocycles. The molecule has 0 aliphatic carbocycles. The van der Waals surface area contributed by atoms with Crippen LogP contribution in [0.2, 0.25) is 0 Å². The highest BCUT2D eigenvalue weighted by molar-refractivity contribution is 6.17. The van der Waals surface area contributed by atoms with Crippen LogP contribution >= 0.6 is 0 Å². The van der Waals surface area contributed by atoms with E-state index in [1.807, 2.05) is 0 Å². The molecule has 0 radical (unpaired) electrons. The molecule has 1 aliphatic heterocycles. The summed E-state index contributed by atoms with van der Waals surface area (Å²) in [6.45, 7) is 0. The van der Waals surface area contributed by atoms with Gasteiger partial charge in [-0.1, -0.05) is 0 Å². The van der Waals surface area contributed by atoms with Crippen LogP contribution in [0.5, 0.6) is 0 Å². The molecule has 0 bridgehead atoms. The van der Waals surface area contributed by atoms with E-state index < -0.39 is 16.9 Å². The predicted molar refractivity (Wildman–Crippen MR) is 60.3 cm³/mol. The molecular weight excluding hydrogens is 238 g/mol. The Morgan fingerprint density at radius 2 is 1.56 bits per heavy atom. The molecule has 0 unspecified atom stereocenters. The van der Waals surface area contributed by atoms with Crippen molar-refractivity contribution >= 4 is 28.4 Å². The fourth-order valence-corrected chi connectivity index (χ4v) is 1.93. The molecule has 0 N–H and O–H groups in total. The SMILES string of the molecule is O=C1OC(=O)c2cc3cc([N+](=O)[O-])ccc3cc21. The van der Waals surface area contributed by atoms with Crippen molar-refractivity contribution < 1.29 is 19.2 Å². The van der Waals surface area contributed by atoms with Crippen LogP contribution in [0.4, 0.5) is 5.69 Å². The van der Waals surface area contributed by atoms with Gasteiger partial charge in [0.2, 0.25) is 0 Å². The normalized spacial score (nSPS) is 13.6. The summed E-state index contributed by atoms with van der Waals surface area (Å²) in [4.78, 5) is 32.8. The Kier molecular flexibility index (Phi) is 1.94.